The second-order valence-corrected chi connectivity index (χ2v) is 15.8. The van der Waals surface area contributed by atoms with E-state index in [9.17, 15) is 9.90 Å². The van der Waals surface area contributed by atoms with Crippen LogP contribution in [-0.4, -0.2) is 80.1 Å². The average molecular weight is 459 g/mol. The van der Waals surface area contributed by atoms with Gasteiger partial charge in [-0.2, -0.15) is 0 Å². The van der Waals surface area contributed by atoms with Gasteiger partial charge < -0.3 is 29.2 Å². The van der Waals surface area contributed by atoms with Gasteiger partial charge in [-0.1, -0.05) is 41.5 Å². The zero-order valence-electron chi connectivity index (χ0n) is 21.3. The van der Waals surface area contributed by atoms with Gasteiger partial charge in [-0.3, -0.25) is 4.79 Å². The molecular weight excluding hydrogens is 412 g/mol. The second kappa shape index (κ2) is 10.2. The molecule has 8 heteroatoms. The Morgan fingerprint density at radius 3 is 2.00 bits per heavy atom. The van der Waals surface area contributed by atoms with E-state index in [1.165, 1.54) is 0 Å². The molecule has 0 aromatic rings. The number of hydrogen-bond acceptors (Lipinski definition) is 6. The number of ether oxygens (including phenoxy) is 2. The van der Waals surface area contributed by atoms with Crippen molar-refractivity contribution in [1.82, 2.24) is 10.2 Å². The van der Waals surface area contributed by atoms with E-state index in [1.54, 1.807) is 0 Å². The van der Waals surface area contributed by atoms with Crippen LogP contribution in [0.3, 0.4) is 0 Å². The summed E-state index contributed by atoms with van der Waals surface area (Å²) in [6, 6.07) is -0.592. The molecule has 0 bridgehead atoms. The monoisotopic (exact) mass is 458 g/mol. The van der Waals surface area contributed by atoms with Crippen molar-refractivity contribution in [2.75, 3.05) is 19.6 Å². The summed E-state index contributed by atoms with van der Waals surface area (Å²) in [6.07, 6.45) is -2.37. The number of likely N-dealkylation sites (N-methyl/N-ethyl adjacent to an activating group) is 1. The number of aliphatic hydroxyl groups excluding tert-OH is 1. The quantitative estimate of drug-likeness (QED) is 0.544. The molecule has 2 heterocycles. The molecule has 7 nitrogen and oxygen atoms in total. The number of aliphatic hydroxyl groups is 1. The molecule has 0 aromatic heterocycles. The molecule has 0 aliphatic carbocycles. The molecule has 2 rings (SSSR count). The zero-order chi connectivity index (χ0) is 23.7. The summed E-state index contributed by atoms with van der Waals surface area (Å²) in [5, 5.41) is 14.2. The molecule has 2 aliphatic heterocycles. The van der Waals surface area contributed by atoms with Crippen molar-refractivity contribution in [3.05, 3.63) is 0 Å². The van der Waals surface area contributed by atoms with Crippen LogP contribution in [0.15, 0.2) is 0 Å². The minimum atomic E-state index is -2.34. The molecule has 0 aromatic carbocycles. The van der Waals surface area contributed by atoms with Gasteiger partial charge >= 0.3 is 0 Å². The Morgan fingerprint density at radius 2 is 1.55 bits per heavy atom. The van der Waals surface area contributed by atoms with E-state index >= 15 is 0 Å². The first-order valence-corrected chi connectivity index (χ1v) is 14.2. The molecule has 2 N–H and O–H groups in total. The summed E-state index contributed by atoms with van der Waals surface area (Å²) in [5.74, 6) is -0.842. The first-order chi connectivity index (χ1) is 14.3. The van der Waals surface area contributed by atoms with Gasteiger partial charge in [0.25, 0.3) is 0 Å². The summed E-state index contributed by atoms with van der Waals surface area (Å²) >= 11 is 0. The summed E-state index contributed by atoms with van der Waals surface area (Å²) in [4.78, 5) is 15.4. The van der Waals surface area contributed by atoms with Crippen LogP contribution < -0.4 is 5.32 Å². The number of carbonyl (C=O) groups excluding carboxylic acids is 1. The van der Waals surface area contributed by atoms with Crippen LogP contribution in [0.1, 0.15) is 69.2 Å². The van der Waals surface area contributed by atoms with Crippen LogP contribution in [0.2, 0.25) is 16.6 Å². The lowest BCUT2D eigenvalue weighted by atomic mass is 10.00. The van der Waals surface area contributed by atoms with E-state index in [-0.39, 0.29) is 12.5 Å². The fraction of sp³-hybridized carbons (Fsp3) is 0.957. The highest BCUT2D eigenvalue weighted by molar-refractivity contribution is 6.77. The smallest absolute Gasteiger partial charge is 0.242 e. The number of fused-ring (bicyclic) bond motifs is 1. The molecule has 2 fully saturated rings. The van der Waals surface area contributed by atoms with Crippen molar-refractivity contribution in [3.63, 3.8) is 0 Å². The van der Waals surface area contributed by atoms with Gasteiger partial charge in [0.1, 0.15) is 18.2 Å². The number of nitrogens with zero attached hydrogens (tertiary/aromatic N) is 1. The standard InChI is InChI=1S/C23H46N2O5Si/c1-11-25(12-2)22(27)18-20(30-31(14(3)4,15(5)6)16(7)8)21-19(17(26)13-24-18)28-23(9,10)29-21/h14-21,24,26H,11-13H2,1-10H3/t17-,18+,19+,20-,21+/m0/s1. The van der Waals surface area contributed by atoms with Gasteiger partial charge in [-0.15, -0.1) is 0 Å². The van der Waals surface area contributed by atoms with Gasteiger partial charge in [-0.25, -0.2) is 0 Å². The SMILES string of the molecule is CCN(CC)C(=O)[C@@H]1NC[C@H](O)[C@H]2OC(C)(C)O[C@H]2[C@H]1O[Si](C(C)C)(C(C)C)C(C)C. The number of β-amino-alcohol motifs (C(OH)–C–C–N with tert-alkyl or cyclic N) is 1. The van der Waals surface area contributed by atoms with Crippen molar-refractivity contribution in [3.8, 4) is 0 Å². The molecule has 2 saturated heterocycles. The molecule has 0 unspecified atom stereocenters. The molecule has 5 atom stereocenters. The van der Waals surface area contributed by atoms with E-state index in [4.69, 9.17) is 13.9 Å². The highest BCUT2D eigenvalue weighted by atomic mass is 28.4. The molecule has 31 heavy (non-hydrogen) atoms. The minimum absolute atomic E-state index is 0.00433. The molecular formula is C23H46N2O5Si. The van der Waals surface area contributed by atoms with E-state index in [0.29, 0.717) is 29.7 Å². The highest BCUT2D eigenvalue weighted by Crippen LogP contribution is 2.45. The average Bonchev–Trinajstić information content (AvgIpc) is 2.93. The fourth-order valence-electron chi connectivity index (χ4n) is 5.78. The molecule has 1 amide bonds. The van der Waals surface area contributed by atoms with Crippen molar-refractivity contribution >= 4 is 14.2 Å². The van der Waals surface area contributed by atoms with Gasteiger partial charge in [-0.05, 0) is 44.3 Å². The number of amides is 1. The Kier molecular flexibility index (Phi) is 8.78. The first-order valence-electron chi connectivity index (χ1n) is 12.1. The lowest BCUT2D eigenvalue weighted by Crippen LogP contribution is -2.62. The number of hydrogen-bond donors (Lipinski definition) is 2. The van der Waals surface area contributed by atoms with Gasteiger partial charge in [0, 0.05) is 19.6 Å². The Morgan fingerprint density at radius 1 is 1.06 bits per heavy atom. The lowest BCUT2D eigenvalue weighted by molar-refractivity contribution is -0.166. The van der Waals surface area contributed by atoms with Crippen molar-refractivity contribution in [1.29, 1.82) is 0 Å². The molecule has 0 saturated carbocycles. The Bertz CT molecular complexity index is 587. The van der Waals surface area contributed by atoms with Crippen LogP contribution in [0.25, 0.3) is 0 Å². The Hall–Kier alpha value is -0.513. The maximum absolute atomic E-state index is 13.6. The van der Waals surface area contributed by atoms with E-state index < -0.39 is 44.6 Å². The lowest BCUT2D eigenvalue weighted by Gasteiger charge is -2.47. The van der Waals surface area contributed by atoms with Crippen LogP contribution >= 0.6 is 0 Å². The number of carbonyl (C=O) groups is 1. The zero-order valence-corrected chi connectivity index (χ0v) is 22.3. The van der Waals surface area contributed by atoms with Crippen LogP contribution in [0.5, 0.6) is 0 Å². The van der Waals surface area contributed by atoms with Gasteiger partial charge in [0.05, 0.1) is 12.2 Å². The highest BCUT2D eigenvalue weighted by Gasteiger charge is 2.57. The van der Waals surface area contributed by atoms with Crippen molar-refractivity contribution in [2.45, 2.75) is 122 Å². The van der Waals surface area contributed by atoms with Crippen molar-refractivity contribution < 1.29 is 23.8 Å². The second-order valence-electron chi connectivity index (χ2n) is 10.4. The normalized spacial score (nSPS) is 31.2. The van der Waals surface area contributed by atoms with Gasteiger partial charge in [0.15, 0.2) is 5.79 Å². The number of nitrogens with one attached hydrogen (secondary N) is 1. The van der Waals surface area contributed by atoms with Crippen LogP contribution in [-0.2, 0) is 18.7 Å². The summed E-state index contributed by atoms with van der Waals surface area (Å²) in [5.41, 5.74) is 1.08. The Balaban J connectivity index is 2.58. The first kappa shape index (κ1) is 26.7. The molecule has 0 radical (unpaired) electrons. The maximum atomic E-state index is 13.6. The third-order valence-electron chi connectivity index (χ3n) is 7.13. The van der Waals surface area contributed by atoms with Crippen molar-refractivity contribution in [2.24, 2.45) is 0 Å². The van der Waals surface area contributed by atoms with E-state index in [0.717, 1.165) is 0 Å². The third kappa shape index (κ3) is 5.19. The predicted octanol–water partition coefficient (Wildman–Crippen LogP) is 3.27. The largest absolute Gasteiger partial charge is 0.408 e. The molecule has 2 aliphatic rings. The third-order valence-corrected chi connectivity index (χ3v) is 13.2. The topological polar surface area (TPSA) is 80.3 Å². The summed E-state index contributed by atoms with van der Waals surface area (Å²) < 4.78 is 19.6. The van der Waals surface area contributed by atoms with E-state index in [2.05, 4.69) is 46.9 Å². The fourth-order valence-corrected chi connectivity index (χ4v) is 11.3. The van der Waals surface area contributed by atoms with Gasteiger partial charge in [0.2, 0.25) is 14.2 Å². The molecule has 0 spiro atoms. The molecule has 182 valence electrons. The summed E-state index contributed by atoms with van der Waals surface area (Å²) in [7, 11) is -2.34. The predicted molar refractivity (Wildman–Crippen MR) is 125 cm³/mol. The maximum Gasteiger partial charge on any atom is 0.242 e. The van der Waals surface area contributed by atoms with E-state index in [1.807, 2.05) is 32.6 Å². The minimum Gasteiger partial charge on any atom is -0.408 e. The van der Waals surface area contributed by atoms with Crippen LogP contribution in [0, 0.1) is 0 Å². The Labute approximate surface area is 190 Å². The number of rotatable bonds is 8. The van der Waals surface area contributed by atoms with Crippen LogP contribution in [0.4, 0.5) is 0 Å². The summed E-state index contributed by atoms with van der Waals surface area (Å²) in [6.45, 7) is 22.6.